The number of halogens is 1. The Kier molecular flexibility index (Phi) is 5.30. The van der Waals surface area contributed by atoms with Gasteiger partial charge in [-0.15, -0.1) is 0 Å². The van der Waals surface area contributed by atoms with Crippen molar-refractivity contribution in [2.75, 3.05) is 17.7 Å². The second-order valence-electron chi connectivity index (χ2n) is 4.58. The maximum Gasteiger partial charge on any atom is 0.144 e. The average Bonchev–Trinajstić information content (AvgIpc) is 2.46. The molecule has 0 bridgehead atoms. The Morgan fingerprint density at radius 1 is 1.15 bits per heavy atom. The van der Waals surface area contributed by atoms with E-state index in [2.05, 4.69) is 40.3 Å². The van der Waals surface area contributed by atoms with E-state index in [1.165, 1.54) is 5.56 Å². The lowest BCUT2D eigenvalue weighted by Gasteiger charge is -2.12. The van der Waals surface area contributed by atoms with Crippen LogP contribution >= 0.6 is 15.9 Å². The molecular weight excluding hydrogens is 316 g/mol. The number of nitrogens with one attached hydrogen (secondary N) is 1. The van der Waals surface area contributed by atoms with Crippen LogP contribution in [-0.4, -0.2) is 6.61 Å². The zero-order chi connectivity index (χ0) is 14.4. The van der Waals surface area contributed by atoms with E-state index in [4.69, 9.17) is 10.5 Å². The molecule has 0 atom stereocenters. The van der Waals surface area contributed by atoms with Crippen molar-refractivity contribution in [1.29, 1.82) is 0 Å². The number of benzene rings is 2. The summed E-state index contributed by atoms with van der Waals surface area (Å²) < 4.78 is 6.71. The average molecular weight is 335 g/mol. The van der Waals surface area contributed by atoms with Crippen LogP contribution in [0.5, 0.6) is 5.75 Å². The van der Waals surface area contributed by atoms with Crippen molar-refractivity contribution in [3.63, 3.8) is 0 Å². The predicted molar refractivity (Wildman–Crippen MR) is 88.1 cm³/mol. The summed E-state index contributed by atoms with van der Waals surface area (Å²) >= 11 is 3.43. The van der Waals surface area contributed by atoms with E-state index in [1.807, 2.05) is 30.3 Å². The first-order chi connectivity index (χ1) is 9.69. The lowest BCUT2D eigenvalue weighted by molar-refractivity contribution is 0.319. The summed E-state index contributed by atoms with van der Waals surface area (Å²) in [7, 11) is 0. The van der Waals surface area contributed by atoms with Crippen LogP contribution in [0.4, 0.5) is 11.4 Å². The van der Waals surface area contributed by atoms with Crippen LogP contribution in [0, 0.1) is 0 Å². The highest BCUT2D eigenvalue weighted by atomic mass is 79.9. The molecule has 0 spiro atoms. The molecule has 0 aromatic heterocycles. The van der Waals surface area contributed by atoms with Crippen LogP contribution in [0.2, 0.25) is 0 Å². The van der Waals surface area contributed by atoms with Crippen molar-refractivity contribution in [1.82, 2.24) is 0 Å². The summed E-state index contributed by atoms with van der Waals surface area (Å²) in [6, 6.07) is 14.0. The van der Waals surface area contributed by atoms with Crippen LogP contribution in [0.3, 0.4) is 0 Å². The van der Waals surface area contributed by atoms with Gasteiger partial charge in [-0.1, -0.05) is 35.0 Å². The molecule has 2 rings (SSSR count). The van der Waals surface area contributed by atoms with E-state index in [1.54, 1.807) is 0 Å². The number of rotatable bonds is 6. The van der Waals surface area contributed by atoms with Crippen molar-refractivity contribution in [2.45, 2.75) is 19.9 Å². The van der Waals surface area contributed by atoms with Crippen molar-refractivity contribution in [2.24, 2.45) is 0 Å². The smallest absolute Gasteiger partial charge is 0.144 e. The highest BCUT2D eigenvalue weighted by Gasteiger charge is 2.02. The van der Waals surface area contributed by atoms with E-state index >= 15 is 0 Å². The molecule has 0 radical (unpaired) electrons. The molecule has 0 aliphatic rings. The molecule has 0 aliphatic heterocycles. The van der Waals surface area contributed by atoms with E-state index in [0.717, 1.165) is 28.9 Å². The van der Waals surface area contributed by atoms with Crippen LogP contribution < -0.4 is 15.8 Å². The van der Waals surface area contributed by atoms with E-state index < -0.39 is 0 Å². The van der Waals surface area contributed by atoms with Gasteiger partial charge in [-0.3, -0.25) is 0 Å². The second kappa shape index (κ2) is 7.20. The van der Waals surface area contributed by atoms with Gasteiger partial charge >= 0.3 is 0 Å². The molecule has 2 aromatic carbocycles. The Morgan fingerprint density at radius 2 is 1.90 bits per heavy atom. The fourth-order valence-corrected chi connectivity index (χ4v) is 2.05. The summed E-state index contributed by atoms with van der Waals surface area (Å²) in [5, 5.41) is 3.37. The Morgan fingerprint density at radius 3 is 2.60 bits per heavy atom. The van der Waals surface area contributed by atoms with Crippen LogP contribution in [0.25, 0.3) is 0 Å². The summed E-state index contributed by atoms with van der Waals surface area (Å²) in [4.78, 5) is 0. The summed E-state index contributed by atoms with van der Waals surface area (Å²) in [5.74, 6) is 0.743. The minimum Gasteiger partial charge on any atom is -0.491 e. The topological polar surface area (TPSA) is 47.3 Å². The molecule has 2 aromatic rings. The Bertz CT molecular complexity index is 555. The molecule has 0 saturated heterocycles. The number of hydrogen-bond donors (Lipinski definition) is 2. The van der Waals surface area contributed by atoms with Gasteiger partial charge in [-0.05, 0) is 36.2 Å². The summed E-state index contributed by atoms with van der Waals surface area (Å²) in [6.45, 7) is 3.52. The molecule has 3 N–H and O–H groups in total. The van der Waals surface area contributed by atoms with Crippen molar-refractivity contribution >= 4 is 27.3 Å². The van der Waals surface area contributed by atoms with Crippen LogP contribution in [0.1, 0.15) is 18.9 Å². The highest BCUT2D eigenvalue weighted by Crippen LogP contribution is 2.26. The lowest BCUT2D eigenvalue weighted by Crippen LogP contribution is -2.02. The van der Waals surface area contributed by atoms with E-state index in [0.29, 0.717) is 12.3 Å². The normalized spacial score (nSPS) is 10.3. The monoisotopic (exact) mass is 334 g/mol. The third-order valence-corrected chi connectivity index (χ3v) is 3.41. The van der Waals surface area contributed by atoms with Gasteiger partial charge in [0, 0.05) is 22.8 Å². The first-order valence-electron chi connectivity index (χ1n) is 6.69. The zero-order valence-corrected chi connectivity index (χ0v) is 13.1. The molecule has 106 valence electrons. The summed E-state index contributed by atoms with van der Waals surface area (Å²) in [5.41, 5.74) is 8.80. The lowest BCUT2D eigenvalue weighted by atomic mass is 10.2. The van der Waals surface area contributed by atoms with Gasteiger partial charge in [0.25, 0.3) is 0 Å². The number of nitrogens with two attached hydrogens (primary N) is 1. The second-order valence-corrected chi connectivity index (χ2v) is 5.50. The highest BCUT2D eigenvalue weighted by molar-refractivity contribution is 9.10. The summed E-state index contributed by atoms with van der Waals surface area (Å²) in [6.07, 6.45) is 0.968. The fourth-order valence-electron chi connectivity index (χ4n) is 1.79. The van der Waals surface area contributed by atoms with Gasteiger partial charge in [0.15, 0.2) is 0 Å². The quantitative estimate of drug-likeness (QED) is 0.768. The zero-order valence-electron chi connectivity index (χ0n) is 11.5. The minimum atomic E-state index is 0.674. The largest absolute Gasteiger partial charge is 0.491 e. The number of nitrogen functional groups attached to an aromatic ring is 1. The first-order valence-corrected chi connectivity index (χ1v) is 7.49. The SMILES string of the molecule is CCCOc1cc(NCc2ccc(Br)cc2)ccc1N. The van der Waals surface area contributed by atoms with Gasteiger partial charge < -0.3 is 15.8 Å². The predicted octanol–water partition coefficient (Wildman–Crippen LogP) is 4.43. The van der Waals surface area contributed by atoms with Gasteiger partial charge in [-0.25, -0.2) is 0 Å². The maximum atomic E-state index is 5.90. The minimum absolute atomic E-state index is 0.674. The molecule has 0 aliphatic carbocycles. The number of ether oxygens (including phenoxy) is 1. The van der Waals surface area contributed by atoms with Crippen molar-refractivity contribution in [3.05, 3.63) is 52.5 Å². The van der Waals surface area contributed by atoms with E-state index in [-0.39, 0.29) is 0 Å². The molecule has 0 saturated carbocycles. The third kappa shape index (κ3) is 4.17. The Hall–Kier alpha value is -1.68. The Labute approximate surface area is 128 Å². The molecule has 0 heterocycles. The molecule has 0 amide bonds. The molecule has 3 nitrogen and oxygen atoms in total. The first kappa shape index (κ1) is 14.7. The third-order valence-electron chi connectivity index (χ3n) is 2.89. The molecule has 20 heavy (non-hydrogen) atoms. The van der Waals surface area contributed by atoms with Crippen molar-refractivity contribution in [3.8, 4) is 5.75 Å². The molecule has 0 unspecified atom stereocenters. The van der Waals surface area contributed by atoms with Gasteiger partial charge in [0.2, 0.25) is 0 Å². The Balaban J connectivity index is 2.00. The van der Waals surface area contributed by atoms with E-state index in [9.17, 15) is 0 Å². The molecular formula is C16H19BrN2O. The fraction of sp³-hybridized carbons (Fsp3) is 0.250. The van der Waals surface area contributed by atoms with Gasteiger partial charge in [-0.2, -0.15) is 0 Å². The number of hydrogen-bond acceptors (Lipinski definition) is 3. The standard InChI is InChI=1S/C16H19BrN2O/c1-2-9-20-16-10-14(7-8-15(16)18)19-11-12-3-5-13(17)6-4-12/h3-8,10,19H,2,9,11,18H2,1H3. The van der Waals surface area contributed by atoms with Gasteiger partial charge in [0.05, 0.1) is 12.3 Å². The van der Waals surface area contributed by atoms with Crippen LogP contribution in [-0.2, 0) is 6.54 Å². The van der Waals surface area contributed by atoms with Crippen LogP contribution in [0.15, 0.2) is 46.9 Å². The maximum absolute atomic E-state index is 5.90. The molecule has 4 heteroatoms. The molecule has 0 fully saturated rings. The number of anilines is 2. The van der Waals surface area contributed by atoms with Gasteiger partial charge in [0.1, 0.15) is 5.75 Å². The van der Waals surface area contributed by atoms with Crippen molar-refractivity contribution < 1.29 is 4.74 Å².